The molecule has 0 bridgehead atoms. The van der Waals surface area contributed by atoms with E-state index in [9.17, 15) is 24.6 Å². The van der Waals surface area contributed by atoms with Crippen LogP contribution in [0, 0.1) is 0 Å². The molecule has 3 N–H and O–H groups in total. The highest BCUT2D eigenvalue weighted by atomic mass is 16.7. The van der Waals surface area contributed by atoms with Crippen LogP contribution in [0.1, 0.15) is 30.5 Å². The molecule has 3 aromatic carbocycles. The normalized spacial score (nSPS) is 27.6. The minimum atomic E-state index is -1.67. The Morgan fingerprint density at radius 1 is 0.706 bits per heavy atom. The molecule has 2 saturated heterocycles. The number of carbonyl (C=O) groups excluding carboxylic acids is 3. The van der Waals surface area contributed by atoms with Crippen LogP contribution >= 0.6 is 0 Å². The van der Waals surface area contributed by atoms with E-state index in [0.29, 0.717) is 0 Å². The topological polar surface area (TPSA) is 178 Å². The summed E-state index contributed by atoms with van der Waals surface area (Å²) in [5.74, 6) is -1.31. The number of rotatable bonds is 14. The van der Waals surface area contributed by atoms with E-state index in [2.05, 4.69) is 5.32 Å². The first-order valence-corrected chi connectivity index (χ1v) is 16.6. The van der Waals surface area contributed by atoms with Gasteiger partial charge in [0.1, 0.15) is 49.8 Å². The predicted octanol–water partition coefficient (Wildman–Crippen LogP) is 2.77. The summed E-state index contributed by atoms with van der Waals surface area (Å²) in [4.78, 5) is 37.3. The highest BCUT2D eigenvalue weighted by Gasteiger charge is 2.52. The number of hydrogen-bond acceptors (Lipinski definition) is 13. The monoisotopic (exact) mass is 709 g/mol. The van der Waals surface area contributed by atoms with Crippen molar-refractivity contribution in [3.05, 3.63) is 108 Å². The molecule has 0 spiro atoms. The second-order valence-corrected chi connectivity index (χ2v) is 12.1. The zero-order valence-corrected chi connectivity index (χ0v) is 28.3. The number of nitrogens with one attached hydrogen (secondary N) is 1. The van der Waals surface area contributed by atoms with Gasteiger partial charge in [-0.1, -0.05) is 91.0 Å². The lowest BCUT2D eigenvalue weighted by Gasteiger charge is -2.47. The number of esters is 2. The zero-order valence-electron chi connectivity index (χ0n) is 28.3. The third-order valence-electron chi connectivity index (χ3n) is 8.18. The summed E-state index contributed by atoms with van der Waals surface area (Å²) in [7, 11) is 0. The molecule has 14 heteroatoms. The number of hydrogen-bond donors (Lipinski definition) is 3. The van der Waals surface area contributed by atoms with E-state index in [0.717, 1.165) is 16.7 Å². The fourth-order valence-corrected chi connectivity index (χ4v) is 5.75. The average Bonchev–Trinajstić information content (AvgIpc) is 3.12. The van der Waals surface area contributed by atoms with Gasteiger partial charge in [-0.3, -0.25) is 9.59 Å². The summed E-state index contributed by atoms with van der Waals surface area (Å²) in [6.07, 6.45) is -11.1. The number of carbonyl (C=O) groups is 3. The number of alkyl carbamates (subject to hydrolysis) is 1. The van der Waals surface area contributed by atoms with Crippen molar-refractivity contribution in [1.29, 1.82) is 0 Å². The van der Waals surface area contributed by atoms with Crippen LogP contribution in [0.25, 0.3) is 0 Å². The fraction of sp³-hybridized carbons (Fsp3) is 0.432. The van der Waals surface area contributed by atoms with Crippen molar-refractivity contribution in [2.45, 2.75) is 88.9 Å². The van der Waals surface area contributed by atoms with Gasteiger partial charge in [-0.25, -0.2) is 4.79 Å². The van der Waals surface area contributed by atoms with E-state index in [1.165, 1.54) is 13.8 Å². The Morgan fingerprint density at radius 2 is 1.25 bits per heavy atom. The van der Waals surface area contributed by atoms with E-state index in [1.807, 2.05) is 66.7 Å². The second kappa shape index (κ2) is 18.7. The highest BCUT2D eigenvalue weighted by molar-refractivity contribution is 5.68. The molecule has 0 aliphatic carbocycles. The van der Waals surface area contributed by atoms with Crippen molar-refractivity contribution in [2.75, 3.05) is 13.2 Å². The van der Waals surface area contributed by atoms with Gasteiger partial charge in [-0.2, -0.15) is 0 Å². The van der Waals surface area contributed by atoms with Gasteiger partial charge in [-0.05, 0) is 16.7 Å². The number of ether oxygens (including phenoxy) is 8. The van der Waals surface area contributed by atoms with Crippen molar-refractivity contribution in [3.8, 4) is 0 Å². The number of amides is 1. The zero-order chi connectivity index (χ0) is 36.2. The van der Waals surface area contributed by atoms with Crippen molar-refractivity contribution in [2.24, 2.45) is 0 Å². The summed E-state index contributed by atoms with van der Waals surface area (Å²) < 4.78 is 47.0. The van der Waals surface area contributed by atoms with E-state index in [1.54, 1.807) is 24.3 Å². The van der Waals surface area contributed by atoms with Gasteiger partial charge in [0, 0.05) is 13.8 Å². The molecule has 5 rings (SSSR count). The van der Waals surface area contributed by atoms with Crippen LogP contribution in [0.15, 0.2) is 91.0 Å². The summed E-state index contributed by atoms with van der Waals surface area (Å²) >= 11 is 0. The number of aliphatic hydroxyl groups excluding tert-OH is 2. The molecule has 0 unspecified atom stereocenters. The summed E-state index contributed by atoms with van der Waals surface area (Å²) in [6.45, 7) is 1.82. The summed E-state index contributed by atoms with van der Waals surface area (Å²) in [5, 5.41) is 24.8. The number of benzene rings is 3. The van der Waals surface area contributed by atoms with Gasteiger partial charge < -0.3 is 53.4 Å². The first-order valence-electron chi connectivity index (χ1n) is 16.6. The van der Waals surface area contributed by atoms with Crippen LogP contribution in [0.5, 0.6) is 0 Å². The molecule has 1 amide bonds. The minimum absolute atomic E-state index is 0.00996. The van der Waals surface area contributed by atoms with Gasteiger partial charge in [0.15, 0.2) is 18.7 Å². The molecule has 0 saturated carbocycles. The first kappa shape index (κ1) is 37.8. The molecule has 0 aromatic heterocycles. The van der Waals surface area contributed by atoms with Crippen LogP contribution in [-0.4, -0.2) is 96.7 Å². The quantitative estimate of drug-likeness (QED) is 0.165. The summed E-state index contributed by atoms with van der Waals surface area (Å²) in [6, 6.07) is 26.1. The van der Waals surface area contributed by atoms with Crippen LogP contribution < -0.4 is 5.32 Å². The van der Waals surface area contributed by atoms with Crippen LogP contribution in [0.3, 0.4) is 0 Å². The van der Waals surface area contributed by atoms with E-state index in [4.69, 9.17) is 37.9 Å². The van der Waals surface area contributed by atoms with Gasteiger partial charge in [0.05, 0.1) is 19.8 Å². The van der Waals surface area contributed by atoms with Gasteiger partial charge in [0.25, 0.3) is 0 Å². The third-order valence-corrected chi connectivity index (χ3v) is 8.18. The van der Waals surface area contributed by atoms with Crippen LogP contribution in [0.2, 0.25) is 0 Å². The lowest BCUT2D eigenvalue weighted by molar-refractivity contribution is -0.338. The van der Waals surface area contributed by atoms with E-state index >= 15 is 0 Å². The number of aliphatic hydroxyl groups is 2. The lowest BCUT2D eigenvalue weighted by atomic mass is 9.95. The van der Waals surface area contributed by atoms with Crippen LogP contribution in [-0.2, 0) is 67.3 Å². The minimum Gasteiger partial charge on any atom is -0.463 e. The molecule has 2 aliphatic heterocycles. The van der Waals surface area contributed by atoms with Gasteiger partial charge >= 0.3 is 18.0 Å². The van der Waals surface area contributed by atoms with Crippen molar-refractivity contribution in [3.63, 3.8) is 0 Å². The Hall–Kier alpha value is -4.41. The molecule has 2 aliphatic rings. The Labute approximate surface area is 295 Å². The molecular weight excluding hydrogens is 666 g/mol. The molecule has 9 atom stereocenters. The van der Waals surface area contributed by atoms with Crippen molar-refractivity contribution >= 4 is 18.0 Å². The van der Waals surface area contributed by atoms with Gasteiger partial charge in [-0.15, -0.1) is 0 Å². The molecule has 2 heterocycles. The molecule has 0 radical (unpaired) electrons. The fourth-order valence-electron chi connectivity index (χ4n) is 5.75. The maximum Gasteiger partial charge on any atom is 0.407 e. The molecule has 2 fully saturated rings. The first-order chi connectivity index (χ1) is 24.7. The average molecular weight is 710 g/mol. The highest BCUT2D eigenvalue weighted by Crippen LogP contribution is 2.32. The Morgan fingerprint density at radius 3 is 1.80 bits per heavy atom. The Balaban J connectivity index is 1.42. The van der Waals surface area contributed by atoms with E-state index in [-0.39, 0.29) is 33.0 Å². The largest absolute Gasteiger partial charge is 0.463 e. The Bertz CT molecular complexity index is 1530. The molecular formula is C37H43NO13. The molecule has 51 heavy (non-hydrogen) atoms. The van der Waals surface area contributed by atoms with Crippen LogP contribution in [0.4, 0.5) is 4.79 Å². The predicted molar refractivity (Wildman–Crippen MR) is 177 cm³/mol. The smallest absolute Gasteiger partial charge is 0.407 e. The standard InChI is InChI=1S/C37H43NO13/c1-23(39)44-22-29-32(51-36-34(49-24(2)40)31(28(41)21-47-36)45-18-25-12-6-3-7-13-25)33(46-19-26-14-8-4-9-15-26)30(35(42)50-29)38-37(43)48-20-27-16-10-5-11-17-27/h3-17,28-36,41-42H,18-22H2,1-2H3,(H,38,43)/t28-,29+,30+,31-,32+,33+,34+,35-,36+/m0/s1. The second-order valence-electron chi connectivity index (χ2n) is 12.1. The lowest BCUT2D eigenvalue weighted by Crippen LogP contribution is -2.67. The SMILES string of the molecule is CC(=O)OC[C@H]1O[C@H](O)[C@H](NC(=O)OCc2ccccc2)[C@@H](OCc2ccccc2)[C@@H]1O[C@H]1OC[C@H](O)[C@H](OCc2ccccc2)[C@H]1OC(C)=O. The maximum atomic E-state index is 13.1. The third kappa shape index (κ3) is 11.0. The molecule has 274 valence electrons. The Kier molecular flexibility index (Phi) is 13.9. The molecule has 3 aromatic rings. The molecule has 14 nitrogen and oxygen atoms in total. The maximum absolute atomic E-state index is 13.1. The summed E-state index contributed by atoms with van der Waals surface area (Å²) in [5.41, 5.74) is 2.32. The van der Waals surface area contributed by atoms with Crippen molar-refractivity contribution < 1.29 is 62.5 Å². The van der Waals surface area contributed by atoms with Gasteiger partial charge in [0.2, 0.25) is 0 Å². The van der Waals surface area contributed by atoms with E-state index < -0.39 is 73.3 Å². The van der Waals surface area contributed by atoms with Crippen molar-refractivity contribution in [1.82, 2.24) is 5.32 Å².